The number of halogens is 1. The van der Waals surface area contributed by atoms with Gasteiger partial charge in [0.1, 0.15) is 5.82 Å². The topological polar surface area (TPSA) is 40.6 Å². The van der Waals surface area contributed by atoms with Crippen molar-refractivity contribution >= 4 is 17.5 Å². The fourth-order valence-electron chi connectivity index (χ4n) is 3.89. The molecule has 0 bridgehead atoms. The van der Waals surface area contributed by atoms with Crippen LogP contribution in [0.2, 0.25) is 0 Å². The quantitative estimate of drug-likeness (QED) is 0.796. The van der Waals surface area contributed by atoms with E-state index in [0.29, 0.717) is 0 Å². The first-order chi connectivity index (χ1) is 11.6. The summed E-state index contributed by atoms with van der Waals surface area (Å²) in [6, 6.07) is 6.52. The molecule has 1 heterocycles. The Morgan fingerprint density at radius 1 is 1.17 bits per heavy atom. The summed E-state index contributed by atoms with van der Waals surface area (Å²) < 4.78 is 13.9. The second kappa shape index (κ2) is 7.32. The van der Waals surface area contributed by atoms with Gasteiger partial charge in [-0.25, -0.2) is 4.39 Å². The lowest BCUT2D eigenvalue weighted by Crippen LogP contribution is -2.41. The molecule has 1 aliphatic heterocycles. The van der Waals surface area contributed by atoms with E-state index < -0.39 is 5.82 Å². The highest BCUT2D eigenvalue weighted by atomic mass is 19.1. The Bertz CT molecular complexity index is 611. The molecule has 1 aromatic rings. The van der Waals surface area contributed by atoms with E-state index in [2.05, 4.69) is 0 Å². The van der Waals surface area contributed by atoms with Crippen molar-refractivity contribution in [1.29, 1.82) is 0 Å². The summed E-state index contributed by atoms with van der Waals surface area (Å²) >= 11 is 0. The lowest BCUT2D eigenvalue weighted by atomic mass is 10.0. The molecular weight excluding hydrogens is 307 g/mol. The number of benzene rings is 1. The second-order valence-electron chi connectivity index (χ2n) is 6.95. The molecule has 1 aliphatic carbocycles. The highest BCUT2D eigenvalue weighted by Gasteiger charge is 2.38. The van der Waals surface area contributed by atoms with Gasteiger partial charge in [0.25, 0.3) is 0 Å². The van der Waals surface area contributed by atoms with E-state index in [1.807, 2.05) is 11.9 Å². The van der Waals surface area contributed by atoms with Gasteiger partial charge in [0, 0.05) is 26.1 Å². The molecule has 2 amide bonds. The molecule has 4 nitrogen and oxygen atoms in total. The Morgan fingerprint density at radius 2 is 1.83 bits per heavy atom. The number of rotatable bonds is 3. The van der Waals surface area contributed by atoms with Gasteiger partial charge in [-0.15, -0.1) is 0 Å². The van der Waals surface area contributed by atoms with Crippen LogP contribution >= 0.6 is 0 Å². The fraction of sp³-hybridized carbons (Fsp3) is 0.579. The highest BCUT2D eigenvalue weighted by Crippen LogP contribution is 2.29. The summed E-state index contributed by atoms with van der Waals surface area (Å²) in [5.41, 5.74) is 0.273. The van der Waals surface area contributed by atoms with E-state index in [1.54, 1.807) is 18.2 Å². The number of nitrogens with zero attached hydrogens (tertiary/aromatic N) is 2. The van der Waals surface area contributed by atoms with E-state index in [-0.39, 0.29) is 42.4 Å². The van der Waals surface area contributed by atoms with Gasteiger partial charge in [-0.3, -0.25) is 9.59 Å². The van der Waals surface area contributed by atoms with Gasteiger partial charge in [-0.05, 0) is 25.0 Å². The molecule has 1 aromatic carbocycles. The first kappa shape index (κ1) is 16.9. The van der Waals surface area contributed by atoms with Gasteiger partial charge in [0.05, 0.1) is 11.6 Å². The molecule has 0 N–H and O–H groups in total. The first-order valence-electron chi connectivity index (χ1n) is 8.89. The molecule has 2 fully saturated rings. The third kappa shape index (κ3) is 3.45. The van der Waals surface area contributed by atoms with E-state index >= 15 is 0 Å². The highest BCUT2D eigenvalue weighted by molar-refractivity contribution is 6.00. The first-order valence-corrected chi connectivity index (χ1v) is 8.89. The molecule has 130 valence electrons. The minimum atomic E-state index is -0.420. The van der Waals surface area contributed by atoms with Crippen LogP contribution in [0.25, 0.3) is 0 Å². The summed E-state index contributed by atoms with van der Waals surface area (Å²) in [7, 11) is 1.86. The molecule has 0 unspecified atom stereocenters. The average molecular weight is 332 g/mol. The predicted molar refractivity (Wildman–Crippen MR) is 91.1 cm³/mol. The normalized spacial score (nSPS) is 22.5. The number of para-hydroxylation sites is 1. The smallest absolute Gasteiger partial charge is 0.228 e. The molecule has 24 heavy (non-hydrogen) atoms. The molecule has 0 radical (unpaired) electrons. The molecule has 1 atom stereocenters. The molecule has 5 heteroatoms. The maximum atomic E-state index is 13.9. The van der Waals surface area contributed by atoms with Gasteiger partial charge in [0.15, 0.2) is 0 Å². The van der Waals surface area contributed by atoms with Crippen LogP contribution in [0, 0.1) is 11.7 Å². The van der Waals surface area contributed by atoms with Crippen molar-refractivity contribution in [3.63, 3.8) is 0 Å². The van der Waals surface area contributed by atoms with Crippen LogP contribution < -0.4 is 4.90 Å². The lowest BCUT2D eigenvalue weighted by molar-refractivity contribution is -0.136. The third-order valence-corrected chi connectivity index (χ3v) is 5.34. The monoisotopic (exact) mass is 332 g/mol. The van der Waals surface area contributed by atoms with Crippen LogP contribution in [0.1, 0.15) is 44.9 Å². The van der Waals surface area contributed by atoms with E-state index in [9.17, 15) is 14.0 Å². The van der Waals surface area contributed by atoms with E-state index in [4.69, 9.17) is 0 Å². The van der Waals surface area contributed by atoms with Crippen molar-refractivity contribution in [2.75, 3.05) is 18.5 Å². The maximum Gasteiger partial charge on any atom is 0.228 e. The van der Waals surface area contributed by atoms with E-state index in [0.717, 1.165) is 25.7 Å². The van der Waals surface area contributed by atoms with Crippen molar-refractivity contribution in [1.82, 2.24) is 4.90 Å². The van der Waals surface area contributed by atoms with Crippen LogP contribution in [0.4, 0.5) is 10.1 Å². The summed E-state index contributed by atoms with van der Waals surface area (Å²) in [6.07, 6.45) is 7.05. The standard InChI is InChI=1S/C19H25FN2O2/c1-21(15-8-4-2-3-5-9-15)19(24)14-12-18(23)22(13-14)17-11-7-6-10-16(17)20/h6-7,10-11,14-15H,2-5,8-9,12-13H2,1H3/t14-/m0/s1. The number of amides is 2. The van der Waals surface area contributed by atoms with Gasteiger partial charge in [-0.2, -0.15) is 0 Å². The van der Waals surface area contributed by atoms with Crippen LogP contribution in [0.5, 0.6) is 0 Å². The van der Waals surface area contributed by atoms with Gasteiger partial charge < -0.3 is 9.80 Å². The third-order valence-electron chi connectivity index (χ3n) is 5.34. The van der Waals surface area contributed by atoms with Gasteiger partial charge >= 0.3 is 0 Å². The average Bonchev–Trinajstić information content (AvgIpc) is 2.79. The zero-order valence-electron chi connectivity index (χ0n) is 14.2. The lowest BCUT2D eigenvalue weighted by Gasteiger charge is -2.29. The molecule has 1 saturated carbocycles. The summed E-state index contributed by atoms with van der Waals surface area (Å²) in [6.45, 7) is 0.273. The maximum absolute atomic E-state index is 13.9. The van der Waals surface area contributed by atoms with Crippen molar-refractivity contribution in [3.8, 4) is 0 Å². The second-order valence-corrected chi connectivity index (χ2v) is 6.95. The largest absolute Gasteiger partial charge is 0.342 e. The predicted octanol–water partition coefficient (Wildman–Crippen LogP) is 3.36. The Morgan fingerprint density at radius 3 is 2.50 bits per heavy atom. The van der Waals surface area contributed by atoms with Gasteiger partial charge in [0.2, 0.25) is 11.8 Å². The number of hydrogen-bond donors (Lipinski definition) is 0. The van der Waals surface area contributed by atoms with Crippen LogP contribution in [-0.4, -0.2) is 36.3 Å². The molecule has 2 aliphatic rings. The van der Waals surface area contributed by atoms with E-state index in [1.165, 1.54) is 23.8 Å². The van der Waals surface area contributed by atoms with Crippen molar-refractivity contribution in [2.24, 2.45) is 5.92 Å². The molecule has 1 saturated heterocycles. The Balaban J connectivity index is 1.68. The van der Waals surface area contributed by atoms with Crippen LogP contribution in [0.3, 0.4) is 0 Å². The minimum absolute atomic E-state index is 0.0223. The summed E-state index contributed by atoms with van der Waals surface area (Å²) in [5.74, 6) is -0.941. The van der Waals surface area contributed by atoms with Crippen molar-refractivity contribution < 1.29 is 14.0 Å². The minimum Gasteiger partial charge on any atom is -0.342 e. The Hall–Kier alpha value is -1.91. The van der Waals surface area contributed by atoms with Crippen LogP contribution in [-0.2, 0) is 9.59 Å². The molecule has 0 aromatic heterocycles. The molecule has 0 spiro atoms. The summed E-state index contributed by atoms with van der Waals surface area (Å²) in [4.78, 5) is 28.4. The van der Waals surface area contributed by atoms with Crippen LogP contribution in [0.15, 0.2) is 24.3 Å². The number of carbonyl (C=O) groups is 2. The van der Waals surface area contributed by atoms with Crippen molar-refractivity contribution in [2.45, 2.75) is 51.0 Å². The van der Waals surface area contributed by atoms with Gasteiger partial charge in [-0.1, -0.05) is 37.8 Å². The van der Waals surface area contributed by atoms with Crippen molar-refractivity contribution in [3.05, 3.63) is 30.1 Å². The Kier molecular flexibility index (Phi) is 5.17. The fourth-order valence-corrected chi connectivity index (χ4v) is 3.89. The summed E-state index contributed by atoms with van der Waals surface area (Å²) in [5, 5.41) is 0. The molecule has 3 rings (SSSR count). The number of anilines is 1. The number of hydrogen-bond acceptors (Lipinski definition) is 2. The molecular formula is C19H25FN2O2. The number of carbonyl (C=O) groups excluding carboxylic acids is 2. The zero-order valence-corrected chi connectivity index (χ0v) is 14.2. The Labute approximate surface area is 142 Å². The zero-order chi connectivity index (χ0) is 17.1. The SMILES string of the molecule is CN(C(=O)[C@H]1CC(=O)N(c2ccccc2F)C1)C1CCCCCC1.